The first-order chi connectivity index (χ1) is 11.1. The molecule has 2 N–H and O–H groups in total. The summed E-state index contributed by atoms with van der Waals surface area (Å²) in [6, 6.07) is 17.2. The maximum Gasteiger partial charge on any atom is 0.335 e. The predicted octanol–water partition coefficient (Wildman–Crippen LogP) is 2.61. The zero-order valence-corrected chi connectivity index (χ0v) is 12.2. The third kappa shape index (κ3) is 4.55. The van der Waals surface area contributed by atoms with Crippen LogP contribution in [0.25, 0.3) is 6.08 Å². The van der Waals surface area contributed by atoms with E-state index in [9.17, 15) is 9.59 Å². The summed E-state index contributed by atoms with van der Waals surface area (Å²) in [5.41, 5.74) is 1.63. The van der Waals surface area contributed by atoms with Crippen LogP contribution in [0.2, 0.25) is 0 Å². The van der Waals surface area contributed by atoms with E-state index in [1.54, 1.807) is 12.1 Å². The molecule has 0 spiro atoms. The van der Waals surface area contributed by atoms with Crippen molar-refractivity contribution in [3.05, 3.63) is 76.9 Å². The fourth-order valence-corrected chi connectivity index (χ4v) is 1.91. The Hall–Kier alpha value is -3.39. The third-order valence-corrected chi connectivity index (χ3v) is 3.13. The molecule has 0 fully saturated rings. The highest BCUT2D eigenvalue weighted by Crippen LogP contribution is 2.09. The Kier molecular flexibility index (Phi) is 5.26. The van der Waals surface area contributed by atoms with E-state index in [0.717, 1.165) is 5.56 Å². The molecule has 23 heavy (non-hydrogen) atoms. The Labute approximate surface area is 133 Å². The number of hydrogen-bond acceptors (Lipinski definition) is 3. The molecule has 0 aromatic heterocycles. The van der Waals surface area contributed by atoms with Crippen LogP contribution >= 0.6 is 0 Å². The van der Waals surface area contributed by atoms with E-state index < -0.39 is 11.9 Å². The average molecular weight is 306 g/mol. The minimum absolute atomic E-state index is 0.0380. The molecule has 0 atom stereocenters. The highest BCUT2D eigenvalue weighted by Gasteiger charge is 2.09. The second-order valence-corrected chi connectivity index (χ2v) is 4.77. The number of amides is 1. The summed E-state index contributed by atoms with van der Waals surface area (Å²) < 4.78 is 0. The number of rotatable bonds is 5. The van der Waals surface area contributed by atoms with Crippen LogP contribution in [-0.2, 0) is 11.3 Å². The molecule has 1 amide bonds. The molecule has 0 bridgehead atoms. The molecule has 2 aromatic carbocycles. The zero-order chi connectivity index (χ0) is 16.7. The molecule has 5 heteroatoms. The summed E-state index contributed by atoms with van der Waals surface area (Å²) in [5, 5.41) is 20.6. The average Bonchev–Trinajstić information content (AvgIpc) is 2.59. The minimum atomic E-state index is -1.03. The number of carbonyl (C=O) groups is 2. The molecular formula is C18H14N2O3. The molecule has 0 radical (unpaired) electrons. The van der Waals surface area contributed by atoms with Crippen LogP contribution in [0.5, 0.6) is 0 Å². The van der Waals surface area contributed by atoms with Crippen LogP contribution < -0.4 is 5.32 Å². The second-order valence-electron chi connectivity index (χ2n) is 4.77. The number of nitrogens with zero attached hydrogens (tertiary/aromatic N) is 1. The van der Waals surface area contributed by atoms with Gasteiger partial charge in [-0.05, 0) is 29.3 Å². The van der Waals surface area contributed by atoms with Gasteiger partial charge in [-0.2, -0.15) is 5.26 Å². The van der Waals surface area contributed by atoms with Crippen molar-refractivity contribution in [3.63, 3.8) is 0 Å². The Bertz CT molecular complexity index is 772. The Morgan fingerprint density at radius 1 is 1.09 bits per heavy atom. The molecule has 2 rings (SSSR count). The molecule has 0 aliphatic rings. The van der Waals surface area contributed by atoms with Crippen LogP contribution in [0.4, 0.5) is 0 Å². The molecular weight excluding hydrogens is 292 g/mol. The lowest BCUT2D eigenvalue weighted by Gasteiger charge is -2.04. The molecule has 0 aliphatic heterocycles. The first-order valence-corrected chi connectivity index (χ1v) is 6.87. The monoisotopic (exact) mass is 306 g/mol. The van der Waals surface area contributed by atoms with Crippen molar-refractivity contribution in [2.45, 2.75) is 6.54 Å². The standard InChI is InChI=1S/C18H14N2O3/c19-11-16(10-13-6-8-15(9-7-13)18(22)23)17(21)20-12-14-4-2-1-3-5-14/h1-10H,12H2,(H,20,21)(H,22,23)/b16-10+. The van der Waals surface area contributed by atoms with Gasteiger partial charge in [0, 0.05) is 6.54 Å². The van der Waals surface area contributed by atoms with Crippen LogP contribution in [0.3, 0.4) is 0 Å². The van der Waals surface area contributed by atoms with E-state index in [2.05, 4.69) is 5.32 Å². The first-order valence-electron chi connectivity index (χ1n) is 6.87. The number of carboxylic acid groups (broad SMARTS) is 1. The molecule has 5 nitrogen and oxygen atoms in total. The van der Waals surface area contributed by atoms with Crippen molar-refractivity contribution >= 4 is 18.0 Å². The van der Waals surface area contributed by atoms with Gasteiger partial charge in [0.2, 0.25) is 0 Å². The van der Waals surface area contributed by atoms with Gasteiger partial charge in [-0.1, -0.05) is 42.5 Å². The summed E-state index contributed by atoms with van der Waals surface area (Å²) >= 11 is 0. The number of benzene rings is 2. The molecule has 0 unspecified atom stereocenters. The highest BCUT2D eigenvalue weighted by molar-refractivity contribution is 6.01. The molecule has 2 aromatic rings. The Morgan fingerprint density at radius 2 is 1.74 bits per heavy atom. The van der Waals surface area contributed by atoms with E-state index in [1.807, 2.05) is 36.4 Å². The van der Waals surface area contributed by atoms with Crippen molar-refractivity contribution < 1.29 is 14.7 Å². The van der Waals surface area contributed by atoms with Crippen molar-refractivity contribution in [1.29, 1.82) is 5.26 Å². The second kappa shape index (κ2) is 7.57. The molecule has 0 saturated carbocycles. The summed E-state index contributed by atoms with van der Waals surface area (Å²) in [5.74, 6) is -1.50. The lowest BCUT2D eigenvalue weighted by molar-refractivity contribution is -0.117. The normalized spacial score (nSPS) is 10.7. The van der Waals surface area contributed by atoms with Gasteiger partial charge in [-0.15, -0.1) is 0 Å². The molecule has 0 heterocycles. The van der Waals surface area contributed by atoms with Gasteiger partial charge >= 0.3 is 5.97 Å². The van der Waals surface area contributed by atoms with Gasteiger partial charge in [0.05, 0.1) is 5.56 Å². The fourth-order valence-electron chi connectivity index (χ4n) is 1.91. The molecule has 0 aliphatic carbocycles. The smallest absolute Gasteiger partial charge is 0.335 e. The third-order valence-electron chi connectivity index (χ3n) is 3.13. The van der Waals surface area contributed by atoms with Crippen LogP contribution in [0, 0.1) is 11.3 Å². The lowest BCUT2D eigenvalue weighted by Crippen LogP contribution is -2.23. The lowest BCUT2D eigenvalue weighted by atomic mass is 10.1. The van der Waals surface area contributed by atoms with E-state index in [4.69, 9.17) is 10.4 Å². The van der Waals surface area contributed by atoms with Crippen molar-refractivity contribution in [2.75, 3.05) is 0 Å². The van der Waals surface area contributed by atoms with Crippen LogP contribution in [0.1, 0.15) is 21.5 Å². The zero-order valence-electron chi connectivity index (χ0n) is 12.2. The summed E-state index contributed by atoms with van der Waals surface area (Å²) in [7, 11) is 0. The molecule has 0 saturated heterocycles. The van der Waals surface area contributed by atoms with Crippen molar-refractivity contribution in [3.8, 4) is 6.07 Å². The van der Waals surface area contributed by atoms with Crippen molar-refractivity contribution in [1.82, 2.24) is 5.32 Å². The van der Waals surface area contributed by atoms with E-state index in [0.29, 0.717) is 12.1 Å². The van der Waals surface area contributed by atoms with E-state index in [-0.39, 0.29) is 11.1 Å². The van der Waals surface area contributed by atoms with Gasteiger partial charge in [0.25, 0.3) is 5.91 Å². The number of nitrogens with one attached hydrogen (secondary N) is 1. The van der Waals surface area contributed by atoms with Gasteiger partial charge in [0.15, 0.2) is 0 Å². The number of carbonyl (C=O) groups excluding carboxylic acids is 1. The van der Waals surface area contributed by atoms with E-state index in [1.165, 1.54) is 18.2 Å². The maximum atomic E-state index is 12.0. The Morgan fingerprint density at radius 3 is 2.30 bits per heavy atom. The number of nitriles is 1. The maximum absolute atomic E-state index is 12.0. The Balaban J connectivity index is 2.07. The topological polar surface area (TPSA) is 90.2 Å². The summed E-state index contributed by atoms with van der Waals surface area (Å²) in [6.45, 7) is 0.330. The first kappa shape index (κ1) is 16.0. The van der Waals surface area contributed by atoms with E-state index >= 15 is 0 Å². The summed E-state index contributed by atoms with van der Waals surface area (Å²) in [6.07, 6.45) is 1.42. The number of carboxylic acids is 1. The van der Waals surface area contributed by atoms with Crippen molar-refractivity contribution in [2.24, 2.45) is 0 Å². The van der Waals surface area contributed by atoms with Gasteiger partial charge in [-0.3, -0.25) is 4.79 Å². The highest BCUT2D eigenvalue weighted by atomic mass is 16.4. The quantitative estimate of drug-likeness (QED) is 0.656. The van der Waals surface area contributed by atoms with Gasteiger partial charge in [0.1, 0.15) is 11.6 Å². The fraction of sp³-hybridized carbons (Fsp3) is 0.0556. The van der Waals surface area contributed by atoms with Gasteiger partial charge in [-0.25, -0.2) is 4.79 Å². The predicted molar refractivity (Wildman–Crippen MR) is 85.3 cm³/mol. The SMILES string of the molecule is N#C/C(=C\c1ccc(C(=O)O)cc1)C(=O)NCc1ccccc1. The minimum Gasteiger partial charge on any atom is -0.478 e. The molecule has 114 valence electrons. The number of hydrogen-bond donors (Lipinski definition) is 2. The van der Waals surface area contributed by atoms with Crippen LogP contribution in [-0.4, -0.2) is 17.0 Å². The number of aromatic carboxylic acids is 1. The summed E-state index contributed by atoms with van der Waals surface area (Å²) in [4.78, 5) is 22.8. The van der Waals surface area contributed by atoms with Crippen LogP contribution in [0.15, 0.2) is 60.2 Å². The largest absolute Gasteiger partial charge is 0.478 e. The van der Waals surface area contributed by atoms with Gasteiger partial charge < -0.3 is 10.4 Å².